The zero-order valence-electron chi connectivity index (χ0n) is 22.6. The van der Waals surface area contributed by atoms with Gasteiger partial charge >= 0.3 is 0 Å². The minimum absolute atomic E-state index is 0.143. The quantitative estimate of drug-likeness (QED) is 0.212. The van der Waals surface area contributed by atoms with Gasteiger partial charge in [-0.15, -0.1) is 0 Å². The molecule has 0 aliphatic carbocycles. The van der Waals surface area contributed by atoms with Crippen LogP contribution in [0.2, 0.25) is 0 Å². The molecule has 0 bridgehead atoms. The van der Waals surface area contributed by atoms with Gasteiger partial charge in [-0.25, -0.2) is 8.42 Å². The maximum absolute atomic E-state index is 13.4. The molecule has 6 rings (SSSR count). The van der Waals surface area contributed by atoms with Crippen LogP contribution < -0.4 is 15.4 Å². The third-order valence-electron chi connectivity index (χ3n) is 7.38. The summed E-state index contributed by atoms with van der Waals surface area (Å²) in [6.45, 7) is 3.22. The molecule has 208 valence electrons. The SMILES string of the molecule is O=C1Nc2ccc(NS(=O)(=O)Cc3ccccc3)cc2C1=C(Nc1ccc(CN2CCCC2)cc1)c1ccccc1. The highest BCUT2D eigenvalue weighted by atomic mass is 32.2. The van der Waals surface area contributed by atoms with Crippen molar-refractivity contribution >= 4 is 44.3 Å². The highest BCUT2D eigenvalue weighted by Gasteiger charge is 2.29. The summed E-state index contributed by atoms with van der Waals surface area (Å²) in [5, 5.41) is 6.44. The van der Waals surface area contributed by atoms with Crippen LogP contribution in [0, 0.1) is 0 Å². The van der Waals surface area contributed by atoms with Crippen LogP contribution in [-0.2, 0) is 27.1 Å². The highest BCUT2D eigenvalue weighted by molar-refractivity contribution is 7.91. The van der Waals surface area contributed by atoms with Crippen LogP contribution in [0.15, 0.2) is 103 Å². The molecular formula is C33H32N4O3S. The van der Waals surface area contributed by atoms with E-state index in [-0.39, 0.29) is 11.7 Å². The molecule has 1 amide bonds. The van der Waals surface area contributed by atoms with E-state index in [4.69, 9.17) is 0 Å². The van der Waals surface area contributed by atoms with Crippen molar-refractivity contribution in [3.63, 3.8) is 0 Å². The lowest BCUT2D eigenvalue weighted by Gasteiger charge is -2.17. The maximum atomic E-state index is 13.4. The summed E-state index contributed by atoms with van der Waals surface area (Å²) in [7, 11) is -3.66. The van der Waals surface area contributed by atoms with Gasteiger partial charge in [-0.2, -0.15) is 0 Å². The number of nitrogens with zero attached hydrogens (tertiary/aromatic N) is 1. The molecule has 0 radical (unpaired) electrons. The number of hydrogen-bond acceptors (Lipinski definition) is 5. The van der Waals surface area contributed by atoms with Crippen molar-refractivity contribution in [3.8, 4) is 0 Å². The number of amides is 1. The van der Waals surface area contributed by atoms with Crippen molar-refractivity contribution in [2.24, 2.45) is 0 Å². The van der Waals surface area contributed by atoms with Crippen LogP contribution in [0.5, 0.6) is 0 Å². The molecule has 0 saturated carbocycles. The van der Waals surface area contributed by atoms with Crippen molar-refractivity contribution in [2.45, 2.75) is 25.1 Å². The molecule has 1 fully saturated rings. The number of anilines is 3. The molecule has 41 heavy (non-hydrogen) atoms. The number of carbonyl (C=O) groups is 1. The number of rotatable bonds is 9. The summed E-state index contributed by atoms with van der Waals surface area (Å²) in [6.07, 6.45) is 2.51. The first-order valence-corrected chi connectivity index (χ1v) is 15.5. The second-order valence-corrected chi connectivity index (χ2v) is 12.2. The molecule has 1 saturated heterocycles. The fourth-order valence-electron chi connectivity index (χ4n) is 5.41. The van der Waals surface area contributed by atoms with Gasteiger partial charge in [-0.05, 0) is 73.0 Å². The monoisotopic (exact) mass is 564 g/mol. The highest BCUT2D eigenvalue weighted by Crippen LogP contribution is 2.39. The first-order valence-electron chi connectivity index (χ1n) is 13.8. The lowest BCUT2D eigenvalue weighted by molar-refractivity contribution is -0.110. The molecule has 0 spiro atoms. The number of fused-ring (bicyclic) bond motifs is 1. The standard InChI is InChI=1S/C33H32N4O3S/c38-33-31(29-21-28(17-18-30(29)35-33)36-41(39,40)23-25-9-3-1-4-10-25)32(26-11-5-2-6-12-26)34-27-15-13-24(14-16-27)22-37-19-7-8-20-37/h1-6,9-18,21,34,36H,7-8,19-20,22-23H2,(H,35,38). The Kier molecular flexibility index (Phi) is 7.59. The van der Waals surface area contributed by atoms with Crippen molar-refractivity contribution < 1.29 is 13.2 Å². The molecular weight excluding hydrogens is 532 g/mol. The van der Waals surface area contributed by atoms with Crippen LogP contribution in [0.4, 0.5) is 17.1 Å². The molecule has 0 aromatic heterocycles. The average molecular weight is 565 g/mol. The molecule has 2 aliphatic heterocycles. The number of sulfonamides is 1. The Bertz CT molecular complexity index is 1680. The van der Waals surface area contributed by atoms with E-state index in [1.54, 1.807) is 30.3 Å². The average Bonchev–Trinajstić information content (AvgIpc) is 3.60. The normalized spacial score (nSPS) is 16.2. The molecule has 3 N–H and O–H groups in total. The van der Waals surface area contributed by atoms with Crippen LogP contribution >= 0.6 is 0 Å². The zero-order valence-corrected chi connectivity index (χ0v) is 23.5. The third-order valence-corrected chi connectivity index (χ3v) is 8.64. The molecule has 0 atom stereocenters. The summed E-state index contributed by atoms with van der Waals surface area (Å²) in [4.78, 5) is 15.8. The Morgan fingerprint density at radius 3 is 2.15 bits per heavy atom. The Morgan fingerprint density at radius 1 is 0.780 bits per heavy atom. The van der Waals surface area contributed by atoms with Crippen molar-refractivity contribution in [1.82, 2.24) is 4.90 Å². The Labute approximate surface area is 241 Å². The van der Waals surface area contributed by atoms with Crippen LogP contribution in [0.3, 0.4) is 0 Å². The van der Waals surface area contributed by atoms with E-state index in [0.717, 1.165) is 30.9 Å². The topological polar surface area (TPSA) is 90.5 Å². The molecule has 2 aliphatic rings. The summed E-state index contributed by atoms with van der Waals surface area (Å²) in [5.74, 6) is -0.392. The van der Waals surface area contributed by atoms with Crippen molar-refractivity contribution in [2.75, 3.05) is 28.4 Å². The van der Waals surface area contributed by atoms with E-state index >= 15 is 0 Å². The van der Waals surface area contributed by atoms with Gasteiger partial charge in [0, 0.05) is 29.2 Å². The zero-order chi connectivity index (χ0) is 28.2. The second kappa shape index (κ2) is 11.6. The molecule has 2 heterocycles. The first-order chi connectivity index (χ1) is 19.9. The number of nitrogens with one attached hydrogen (secondary N) is 3. The van der Waals surface area contributed by atoms with E-state index < -0.39 is 10.0 Å². The fraction of sp³-hybridized carbons (Fsp3) is 0.182. The minimum Gasteiger partial charge on any atom is -0.354 e. The lowest BCUT2D eigenvalue weighted by atomic mass is 9.99. The summed E-state index contributed by atoms with van der Waals surface area (Å²) < 4.78 is 28.5. The fourth-order valence-corrected chi connectivity index (χ4v) is 6.60. The first kappa shape index (κ1) is 26.8. The van der Waals surface area contributed by atoms with E-state index in [1.165, 1.54) is 18.4 Å². The Hall–Kier alpha value is -4.40. The van der Waals surface area contributed by atoms with E-state index in [0.29, 0.717) is 33.8 Å². The third kappa shape index (κ3) is 6.34. The minimum atomic E-state index is -3.66. The van der Waals surface area contributed by atoms with Gasteiger partial charge in [0.15, 0.2) is 0 Å². The van der Waals surface area contributed by atoms with E-state index in [2.05, 4.69) is 32.4 Å². The van der Waals surface area contributed by atoms with Gasteiger partial charge in [0.1, 0.15) is 0 Å². The van der Waals surface area contributed by atoms with Crippen LogP contribution in [-0.4, -0.2) is 32.3 Å². The number of benzene rings is 4. The molecule has 0 unspecified atom stereocenters. The number of hydrogen-bond donors (Lipinski definition) is 3. The lowest BCUT2D eigenvalue weighted by Crippen LogP contribution is -2.18. The van der Waals surface area contributed by atoms with Gasteiger partial charge in [-0.1, -0.05) is 72.8 Å². The van der Waals surface area contributed by atoms with Crippen LogP contribution in [0.1, 0.15) is 35.1 Å². The summed E-state index contributed by atoms with van der Waals surface area (Å²) in [5.41, 5.74) is 6.42. The summed E-state index contributed by atoms with van der Waals surface area (Å²) in [6, 6.07) is 32.2. The largest absolute Gasteiger partial charge is 0.354 e. The smallest absolute Gasteiger partial charge is 0.258 e. The Morgan fingerprint density at radius 2 is 1.44 bits per heavy atom. The van der Waals surface area contributed by atoms with E-state index in [9.17, 15) is 13.2 Å². The van der Waals surface area contributed by atoms with Crippen molar-refractivity contribution in [3.05, 3.63) is 125 Å². The Balaban J connectivity index is 1.32. The number of likely N-dealkylation sites (tertiary alicyclic amines) is 1. The molecule has 4 aromatic carbocycles. The van der Waals surface area contributed by atoms with Gasteiger partial charge in [0.25, 0.3) is 5.91 Å². The van der Waals surface area contributed by atoms with Crippen molar-refractivity contribution in [1.29, 1.82) is 0 Å². The van der Waals surface area contributed by atoms with Gasteiger partial charge in [0.05, 0.1) is 17.0 Å². The number of carbonyl (C=O) groups excluding carboxylic acids is 1. The predicted molar refractivity (Wildman–Crippen MR) is 166 cm³/mol. The molecule has 7 nitrogen and oxygen atoms in total. The summed E-state index contributed by atoms with van der Waals surface area (Å²) >= 11 is 0. The van der Waals surface area contributed by atoms with Gasteiger partial charge < -0.3 is 10.6 Å². The van der Waals surface area contributed by atoms with Gasteiger partial charge in [0.2, 0.25) is 10.0 Å². The maximum Gasteiger partial charge on any atom is 0.258 e. The van der Waals surface area contributed by atoms with E-state index in [1.807, 2.05) is 60.7 Å². The molecule has 8 heteroatoms. The predicted octanol–water partition coefficient (Wildman–Crippen LogP) is 6.16. The second-order valence-electron chi connectivity index (χ2n) is 10.5. The molecule has 4 aromatic rings. The van der Waals surface area contributed by atoms with Crippen LogP contribution in [0.25, 0.3) is 11.3 Å². The van der Waals surface area contributed by atoms with Gasteiger partial charge in [-0.3, -0.25) is 14.4 Å².